The van der Waals surface area contributed by atoms with Crippen LogP contribution in [0.2, 0.25) is 0 Å². The fourth-order valence-corrected chi connectivity index (χ4v) is 4.27. The molecule has 2 saturated carbocycles. The Balaban J connectivity index is 1.91. The minimum Gasteiger partial charge on any atom is -0.303 e. The van der Waals surface area contributed by atoms with Gasteiger partial charge in [0, 0.05) is 24.9 Å². The summed E-state index contributed by atoms with van der Waals surface area (Å²) in [5.41, 5.74) is 0.347. The predicted molar refractivity (Wildman–Crippen MR) is 89.4 cm³/mol. The first kappa shape index (κ1) is 17.0. The zero-order valence-electron chi connectivity index (χ0n) is 14.7. The molecule has 0 amide bonds. The van der Waals surface area contributed by atoms with Crippen LogP contribution in [0.3, 0.4) is 0 Å². The van der Waals surface area contributed by atoms with Gasteiger partial charge in [-0.1, -0.05) is 46.5 Å². The van der Waals surface area contributed by atoms with Crippen LogP contribution in [0.1, 0.15) is 78.6 Å². The first-order chi connectivity index (χ1) is 9.88. The lowest BCUT2D eigenvalue weighted by Crippen LogP contribution is -2.41. The van der Waals surface area contributed by atoms with Gasteiger partial charge in [-0.15, -0.1) is 0 Å². The Bertz CT molecular complexity index is 336. The molecule has 122 valence electrons. The first-order valence-electron chi connectivity index (χ1n) is 9.11. The fraction of sp³-hybridized carbons (Fsp3) is 0.947. The van der Waals surface area contributed by atoms with E-state index in [1.54, 1.807) is 0 Å². The Morgan fingerprint density at radius 3 is 2.24 bits per heavy atom. The Kier molecular flexibility index (Phi) is 5.88. The Labute approximate surface area is 131 Å². The molecule has 2 aliphatic carbocycles. The maximum atomic E-state index is 12.3. The van der Waals surface area contributed by atoms with Gasteiger partial charge in [-0.2, -0.15) is 0 Å². The summed E-state index contributed by atoms with van der Waals surface area (Å²) in [5, 5.41) is 0. The van der Waals surface area contributed by atoms with E-state index < -0.39 is 0 Å². The van der Waals surface area contributed by atoms with Gasteiger partial charge in [-0.25, -0.2) is 0 Å². The molecule has 0 N–H and O–H groups in total. The highest BCUT2D eigenvalue weighted by molar-refractivity contribution is 5.82. The molecule has 2 aliphatic rings. The van der Waals surface area contributed by atoms with E-state index in [2.05, 4.69) is 32.7 Å². The third-order valence-corrected chi connectivity index (χ3v) is 5.94. The molecule has 0 aromatic heterocycles. The quantitative estimate of drug-likeness (QED) is 0.705. The van der Waals surface area contributed by atoms with Crippen LogP contribution in [0, 0.1) is 17.3 Å². The highest BCUT2D eigenvalue weighted by atomic mass is 16.1. The van der Waals surface area contributed by atoms with Crippen molar-refractivity contribution in [1.82, 2.24) is 4.90 Å². The molecule has 2 atom stereocenters. The maximum Gasteiger partial charge on any atom is 0.137 e. The average molecular weight is 293 g/mol. The van der Waals surface area contributed by atoms with Crippen molar-refractivity contribution in [3.05, 3.63) is 0 Å². The van der Waals surface area contributed by atoms with E-state index in [0.29, 0.717) is 17.1 Å². The monoisotopic (exact) mass is 293 g/mol. The molecule has 2 rings (SSSR count). The fourth-order valence-electron chi connectivity index (χ4n) is 4.27. The second-order valence-corrected chi connectivity index (χ2v) is 8.59. The highest BCUT2D eigenvalue weighted by Crippen LogP contribution is 2.39. The molecule has 2 fully saturated rings. The summed E-state index contributed by atoms with van der Waals surface area (Å²) in [6.45, 7) is 7.99. The van der Waals surface area contributed by atoms with E-state index in [1.807, 2.05) is 0 Å². The zero-order chi connectivity index (χ0) is 15.5. The van der Waals surface area contributed by atoms with Crippen LogP contribution >= 0.6 is 0 Å². The third kappa shape index (κ3) is 4.81. The van der Waals surface area contributed by atoms with Crippen LogP contribution in [0.5, 0.6) is 0 Å². The number of nitrogens with zero attached hydrogens (tertiary/aromatic N) is 1. The van der Waals surface area contributed by atoms with Crippen molar-refractivity contribution in [2.75, 3.05) is 13.6 Å². The predicted octanol–water partition coefficient (Wildman–Crippen LogP) is 4.67. The van der Waals surface area contributed by atoms with Gasteiger partial charge in [0.25, 0.3) is 0 Å². The second-order valence-electron chi connectivity index (χ2n) is 8.59. The molecule has 0 saturated heterocycles. The van der Waals surface area contributed by atoms with Crippen molar-refractivity contribution in [3.63, 3.8) is 0 Å². The molecule has 2 heteroatoms. The van der Waals surface area contributed by atoms with E-state index in [4.69, 9.17) is 0 Å². The van der Waals surface area contributed by atoms with Crippen LogP contribution < -0.4 is 0 Å². The Hall–Kier alpha value is -0.370. The summed E-state index contributed by atoms with van der Waals surface area (Å²) in [4.78, 5) is 14.8. The third-order valence-electron chi connectivity index (χ3n) is 5.94. The largest absolute Gasteiger partial charge is 0.303 e. The lowest BCUT2D eigenvalue weighted by atomic mass is 9.68. The number of hydrogen-bond acceptors (Lipinski definition) is 2. The minimum atomic E-state index is 0.288. The molecule has 2 unspecified atom stereocenters. The van der Waals surface area contributed by atoms with Crippen molar-refractivity contribution in [2.24, 2.45) is 17.3 Å². The SMILES string of the molecule is CN(CC1CC(C(C)(C)C)CCC1=O)C1CCCCCC1. The van der Waals surface area contributed by atoms with Gasteiger partial charge in [0.2, 0.25) is 0 Å². The van der Waals surface area contributed by atoms with E-state index in [0.717, 1.165) is 31.8 Å². The van der Waals surface area contributed by atoms with E-state index >= 15 is 0 Å². The summed E-state index contributed by atoms with van der Waals surface area (Å²) in [6, 6.07) is 0.718. The second kappa shape index (κ2) is 7.26. The van der Waals surface area contributed by atoms with Gasteiger partial charge in [0.1, 0.15) is 5.78 Å². The molecule has 0 aromatic rings. The molecule has 0 radical (unpaired) electrons. The van der Waals surface area contributed by atoms with Gasteiger partial charge in [0.15, 0.2) is 0 Å². The molecule has 0 heterocycles. The molecule has 0 bridgehead atoms. The summed E-state index contributed by atoms with van der Waals surface area (Å²) < 4.78 is 0. The van der Waals surface area contributed by atoms with Gasteiger partial charge < -0.3 is 4.90 Å². The lowest BCUT2D eigenvalue weighted by Gasteiger charge is -2.39. The van der Waals surface area contributed by atoms with E-state index in [9.17, 15) is 4.79 Å². The summed E-state index contributed by atoms with van der Waals surface area (Å²) in [6.07, 6.45) is 11.2. The zero-order valence-corrected chi connectivity index (χ0v) is 14.7. The molecule has 0 aromatic carbocycles. The minimum absolute atomic E-state index is 0.288. The summed E-state index contributed by atoms with van der Waals surface area (Å²) in [7, 11) is 2.25. The number of ketones is 1. The van der Waals surface area contributed by atoms with E-state index in [1.165, 1.54) is 38.5 Å². The number of Topliss-reactive ketones (excluding diaryl/α,β-unsaturated/α-hetero) is 1. The standard InChI is InChI=1S/C19H35NO/c1-19(2,3)16-11-12-18(21)15(13-16)14-20(4)17-9-7-5-6-8-10-17/h15-17H,5-14H2,1-4H3. The topological polar surface area (TPSA) is 20.3 Å². The van der Waals surface area contributed by atoms with E-state index in [-0.39, 0.29) is 5.92 Å². The molecule has 0 spiro atoms. The first-order valence-corrected chi connectivity index (χ1v) is 9.11. The summed E-state index contributed by atoms with van der Waals surface area (Å²) in [5.74, 6) is 1.52. The number of carbonyl (C=O) groups excluding carboxylic acids is 1. The normalized spacial score (nSPS) is 29.7. The summed E-state index contributed by atoms with van der Waals surface area (Å²) >= 11 is 0. The number of rotatable bonds is 3. The van der Waals surface area contributed by atoms with Crippen LogP contribution in [0.15, 0.2) is 0 Å². The molecular weight excluding hydrogens is 258 g/mol. The smallest absolute Gasteiger partial charge is 0.137 e. The maximum absolute atomic E-state index is 12.3. The van der Waals surface area contributed by atoms with Crippen LogP contribution in [0.4, 0.5) is 0 Å². The van der Waals surface area contributed by atoms with Gasteiger partial charge in [-0.3, -0.25) is 4.79 Å². The Morgan fingerprint density at radius 2 is 1.67 bits per heavy atom. The average Bonchev–Trinajstić information content (AvgIpc) is 2.68. The van der Waals surface area contributed by atoms with Crippen molar-refractivity contribution in [1.29, 1.82) is 0 Å². The molecular formula is C19H35NO. The van der Waals surface area contributed by atoms with Crippen LogP contribution in [0.25, 0.3) is 0 Å². The van der Waals surface area contributed by atoms with Gasteiger partial charge in [-0.05, 0) is 44.1 Å². The van der Waals surface area contributed by atoms with Crippen molar-refractivity contribution in [2.45, 2.75) is 84.6 Å². The van der Waals surface area contributed by atoms with Crippen LogP contribution in [-0.2, 0) is 4.79 Å². The molecule has 0 aliphatic heterocycles. The molecule has 21 heavy (non-hydrogen) atoms. The van der Waals surface area contributed by atoms with Crippen molar-refractivity contribution < 1.29 is 4.79 Å². The van der Waals surface area contributed by atoms with Crippen LogP contribution in [-0.4, -0.2) is 30.3 Å². The van der Waals surface area contributed by atoms with Crippen molar-refractivity contribution >= 4 is 5.78 Å². The Morgan fingerprint density at radius 1 is 1.05 bits per heavy atom. The van der Waals surface area contributed by atoms with Gasteiger partial charge in [0.05, 0.1) is 0 Å². The lowest BCUT2D eigenvalue weighted by molar-refractivity contribution is -0.127. The number of hydrogen-bond donors (Lipinski definition) is 0. The van der Waals surface area contributed by atoms with Crippen molar-refractivity contribution in [3.8, 4) is 0 Å². The van der Waals surface area contributed by atoms with Gasteiger partial charge >= 0.3 is 0 Å². The number of carbonyl (C=O) groups is 1. The highest BCUT2D eigenvalue weighted by Gasteiger charge is 2.35. The molecule has 2 nitrogen and oxygen atoms in total.